The summed E-state index contributed by atoms with van der Waals surface area (Å²) in [6.07, 6.45) is 0. The number of rotatable bonds is 3. The molecule has 1 aromatic carbocycles. The average Bonchev–Trinajstić information content (AvgIpc) is 2.89. The smallest absolute Gasteiger partial charge is 0.256 e. The summed E-state index contributed by atoms with van der Waals surface area (Å²) >= 11 is 1.33. The molecular weight excluding hydrogens is 272 g/mol. The minimum atomic E-state index is -0.208. The largest absolute Gasteiger partial charge is 0.355 e. The molecule has 5 heteroatoms. The number of carbonyl (C=O) groups excluding carboxylic acids is 2. The van der Waals surface area contributed by atoms with E-state index in [0.29, 0.717) is 16.1 Å². The van der Waals surface area contributed by atoms with Crippen LogP contribution in [-0.2, 0) is 0 Å². The molecule has 0 unspecified atom stereocenters. The zero-order valence-corrected chi connectivity index (χ0v) is 12.4. The molecule has 2 N–H and O–H groups in total. The lowest BCUT2D eigenvalue weighted by atomic mass is 10.1. The minimum Gasteiger partial charge on any atom is -0.355 e. The van der Waals surface area contributed by atoms with Gasteiger partial charge in [-0.1, -0.05) is 6.07 Å². The van der Waals surface area contributed by atoms with E-state index in [4.69, 9.17) is 0 Å². The van der Waals surface area contributed by atoms with Gasteiger partial charge in [0.2, 0.25) is 0 Å². The molecule has 2 aromatic rings. The summed E-state index contributed by atoms with van der Waals surface area (Å²) in [5.74, 6) is -0.415. The van der Waals surface area contributed by atoms with Gasteiger partial charge in [-0.25, -0.2) is 0 Å². The number of hydrogen-bond acceptors (Lipinski definition) is 3. The zero-order valence-electron chi connectivity index (χ0n) is 11.6. The number of amides is 2. The first-order valence-corrected chi connectivity index (χ1v) is 7.09. The number of anilines is 1. The zero-order chi connectivity index (χ0) is 14.7. The Morgan fingerprint density at radius 1 is 1.05 bits per heavy atom. The van der Waals surface area contributed by atoms with Crippen LogP contribution in [-0.4, -0.2) is 18.9 Å². The molecule has 104 valence electrons. The van der Waals surface area contributed by atoms with Crippen LogP contribution in [0.15, 0.2) is 29.6 Å². The topological polar surface area (TPSA) is 58.2 Å². The Morgan fingerprint density at radius 2 is 1.80 bits per heavy atom. The highest BCUT2D eigenvalue weighted by atomic mass is 32.1. The Bertz CT molecular complexity index is 662. The van der Waals surface area contributed by atoms with Crippen molar-refractivity contribution >= 4 is 28.2 Å². The number of aryl methyl sites for hydroxylation is 2. The highest BCUT2D eigenvalue weighted by Crippen LogP contribution is 2.24. The van der Waals surface area contributed by atoms with Crippen LogP contribution in [0, 0.1) is 13.8 Å². The molecular formula is C15H16N2O2S. The highest BCUT2D eigenvalue weighted by Gasteiger charge is 2.15. The van der Waals surface area contributed by atoms with Gasteiger partial charge in [0, 0.05) is 12.6 Å². The van der Waals surface area contributed by atoms with Gasteiger partial charge < -0.3 is 10.6 Å². The molecule has 0 fully saturated rings. The fourth-order valence-corrected chi connectivity index (χ4v) is 2.56. The molecule has 0 aliphatic rings. The van der Waals surface area contributed by atoms with Crippen LogP contribution in [0.25, 0.3) is 0 Å². The number of carbonyl (C=O) groups is 2. The van der Waals surface area contributed by atoms with E-state index < -0.39 is 0 Å². The third-order valence-electron chi connectivity index (χ3n) is 3.13. The lowest BCUT2D eigenvalue weighted by molar-refractivity contribution is 0.0964. The first kappa shape index (κ1) is 14.3. The van der Waals surface area contributed by atoms with Gasteiger partial charge in [0.05, 0.1) is 5.56 Å². The van der Waals surface area contributed by atoms with Crippen molar-refractivity contribution in [1.29, 1.82) is 0 Å². The van der Waals surface area contributed by atoms with E-state index in [1.54, 1.807) is 24.6 Å². The second kappa shape index (κ2) is 5.88. The molecule has 1 aromatic heterocycles. The monoisotopic (exact) mass is 288 g/mol. The quantitative estimate of drug-likeness (QED) is 0.912. The maximum absolute atomic E-state index is 12.2. The standard InChI is InChI=1S/C15H16N2O2S/c1-9-4-5-11(8-10(9)2)13(18)17-15-12(6-7-20-15)14(19)16-3/h4-8H,1-3H3,(H,16,19)(H,17,18). The van der Waals surface area contributed by atoms with Crippen LogP contribution in [0.5, 0.6) is 0 Å². The number of nitrogens with one attached hydrogen (secondary N) is 2. The van der Waals surface area contributed by atoms with E-state index in [1.807, 2.05) is 26.0 Å². The number of hydrogen-bond donors (Lipinski definition) is 2. The van der Waals surface area contributed by atoms with Crippen LogP contribution in [0.1, 0.15) is 31.8 Å². The van der Waals surface area contributed by atoms with Gasteiger partial charge in [0.1, 0.15) is 5.00 Å². The summed E-state index contributed by atoms with van der Waals surface area (Å²) in [6.45, 7) is 3.97. The summed E-state index contributed by atoms with van der Waals surface area (Å²) < 4.78 is 0. The molecule has 0 saturated carbocycles. The lowest BCUT2D eigenvalue weighted by Gasteiger charge is -2.07. The van der Waals surface area contributed by atoms with Crippen LogP contribution < -0.4 is 10.6 Å². The highest BCUT2D eigenvalue weighted by molar-refractivity contribution is 7.14. The van der Waals surface area contributed by atoms with E-state index in [2.05, 4.69) is 10.6 Å². The van der Waals surface area contributed by atoms with E-state index in [0.717, 1.165) is 11.1 Å². The molecule has 0 aliphatic heterocycles. The first-order valence-electron chi connectivity index (χ1n) is 6.21. The first-order chi connectivity index (χ1) is 9.52. The van der Waals surface area contributed by atoms with Crippen molar-refractivity contribution in [2.24, 2.45) is 0 Å². The summed E-state index contributed by atoms with van der Waals surface area (Å²) in [5, 5.41) is 7.68. The van der Waals surface area contributed by atoms with Gasteiger partial charge in [0.15, 0.2) is 0 Å². The Morgan fingerprint density at radius 3 is 2.45 bits per heavy atom. The van der Waals surface area contributed by atoms with Crippen molar-refractivity contribution in [2.75, 3.05) is 12.4 Å². The second-order valence-corrected chi connectivity index (χ2v) is 5.41. The maximum atomic E-state index is 12.2. The van der Waals surface area contributed by atoms with Gasteiger partial charge in [-0.2, -0.15) is 0 Å². The molecule has 4 nitrogen and oxygen atoms in total. The van der Waals surface area contributed by atoms with Gasteiger partial charge in [-0.05, 0) is 48.6 Å². The van der Waals surface area contributed by atoms with E-state index in [-0.39, 0.29) is 11.8 Å². The van der Waals surface area contributed by atoms with E-state index >= 15 is 0 Å². The van der Waals surface area contributed by atoms with Crippen molar-refractivity contribution in [3.05, 3.63) is 51.9 Å². The van der Waals surface area contributed by atoms with Crippen LogP contribution in [0.3, 0.4) is 0 Å². The second-order valence-electron chi connectivity index (χ2n) is 4.50. The predicted octanol–water partition coefficient (Wildman–Crippen LogP) is 2.98. The van der Waals surface area contributed by atoms with Crippen LogP contribution >= 0.6 is 11.3 Å². The van der Waals surface area contributed by atoms with Crippen LogP contribution in [0.4, 0.5) is 5.00 Å². The summed E-state index contributed by atoms with van der Waals surface area (Å²) in [7, 11) is 1.56. The Labute approximate surface area is 121 Å². The van der Waals surface area contributed by atoms with Gasteiger partial charge in [0.25, 0.3) is 11.8 Å². The molecule has 0 atom stereocenters. The molecule has 20 heavy (non-hydrogen) atoms. The Hall–Kier alpha value is -2.14. The van der Waals surface area contributed by atoms with Crippen molar-refractivity contribution in [3.8, 4) is 0 Å². The third-order valence-corrected chi connectivity index (χ3v) is 3.96. The molecule has 0 aliphatic carbocycles. The minimum absolute atomic E-state index is 0.207. The van der Waals surface area contributed by atoms with Crippen LogP contribution in [0.2, 0.25) is 0 Å². The number of thiophene rings is 1. The summed E-state index contributed by atoms with van der Waals surface area (Å²) in [5.41, 5.74) is 3.28. The van der Waals surface area contributed by atoms with Crippen molar-refractivity contribution in [2.45, 2.75) is 13.8 Å². The summed E-state index contributed by atoms with van der Waals surface area (Å²) in [4.78, 5) is 23.9. The number of benzene rings is 1. The summed E-state index contributed by atoms with van der Waals surface area (Å²) in [6, 6.07) is 7.24. The third kappa shape index (κ3) is 2.88. The van der Waals surface area contributed by atoms with Gasteiger partial charge >= 0.3 is 0 Å². The fourth-order valence-electron chi connectivity index (χ4n) is 1.78. The fraction of sp³-hybridized carbons (Fsp3) is 0.200. The van der Waals surface area contributed by atoms with Crippen molar-refractivity contribution in [3.63, 3.8) is 0 Å². The molecule has 0 saturated heterocycles. The van der Waals surface area contributed by atoms with E-state index in [1.165, 1.54) is 11.3 Å². The molecule has 0 spiro atoms. The maximum Gasteiger partial charge on any atom is 0.256 e. The Balaban J connectivity index is 2.22. The normalized spacial score (nSPS) is 10.2. The molecule has 2 rings (SSSR count). The average molecular weight is 288 g/mol. The van der Waals surface area contributed by atoms with Crippen molar-refractivity contribution in [1.82, 2.24) is 5.32 Å². The predicted molar refractivity (Wildman–Crippen MR) is 81.6 cm³/mol. The lowest BCUT2D eigenvalue weighted by Crippen LogP contribution is -2.20. The van der Waals surface area contributed by atoms with Gasteiger partial charge in [-0.15, -0.1) is 11.3 Å². The van der Waals surface area contributed by atoms with Gasteiger partial charge in [-0.3, -0.25) is 9.59 Å². The molecule has 1 heterocycles. The van der Waals surface area contributed by atoms with Crippen molar-refractivity contribution < 1.29 is 9.59 Å². The van der Waals surface area contributed by atoms with E-state index in [9.17, 15) is 9.59 Å². The molecule has 0 radical (unpaired) electrons. The SMILES string of the molecule is CNC(=O)c1ccsc1NC(=O)c1ccc(C)c(C)c1. The molecule has 0 bridgehead atoms. The molecule has 2 amide bonds. The Kier molecular flexibility index (Phi) is 4.20.